The number of hydrogen-bond acceptors (Lipinski definition) is 3. The maximum absolute atomic E-state index is 10.00. The standard InChI is InChI=1S/C16H20O3/c1-18-9-10-19-12-15(17)11-14-7-4-6-13-5-2-3-8-16(13)14/h2-8,15,17H,9-12H2,1H3. The normalized spacial score (nSPS) is 12.7. The summed E-state index contributed by atoms with van der Waals surface area (Å²) in [6.07, 6.45) is 0.122. The summed E-state index contributed by atoms with van der Waals surface area (Å²) >= 11 is 0. The van der Waals surface area contributed by atoms with E-state index in [1.54, 1.807) is 7.11 Å². The highest BCUT2D eigenvalue weighted by molar-refractivity contribution is 5.85. The molecule has 2 rings (SSSR count). The van der Waals surface area contributed by atoms with Gasteiger partial charge in [0.05, 0.1) is 25.9 Å². The fourth-order valence-corrected chi connectivity index (χ4v) is 2.14. The number of aliphatic hydroxyl groups excluding tert-OH is 1. The van der Waals surface area contributed by atoms with Crippen LogP contribution in [0.15, 0.2) is 42.5 Å². The molecule has 19 heavy (non-hydrogen) atoms. The lowest BCUT2D eigenvalue weighted by Gasteiger charge is -2.13. The Bertz CT molecular complexity index is 505. The molecule has 0 heterocycles. The summed E-state index contributed by atoms with van der Waals surface area (Å²) in [5, 5.41) is 12.4. The zero-order valence-corrected chi connectivity index (χ0v) is 11.2. The molecule has 0 amide bonds. The molecule has 3 heteroatoms. The van der Waals surface area contributed by atoms with Gasteiger partial charge in [0.15, 0.2) is 0 Å². The van der Waals surface area contributed by atoms with Crippen LogP contribution in [0.25, 0.3) is 10.8 Å². The Morgan fingerprint density at radius 1 is 1.05 bits per heavy atom. The molecule has 0 aliphatic carbocycles. The van der Waals surface area contributed by atoms with Gasteiger partial charge in [-0.2, -0.15) is 0 Å². The number of hydrogen-bond donors (Lipinski definition) is 1. The molecular formula is C16H20O3. The lowest BCUT2D eigenvalue weighted by Crippen LogP contribution is -2.19. The van der Waals surface area contributed by atoms with E-state index in [0.717, 1.165) is 5.56 Å². The molecule has 0 spiro atoms. The van der Waals surface area contributed by atoms with Crippen molar-refractivity contribution in [3.05, 3.63) is 48.0 Å². The molecule has 3 nitrogen and oxygen atoms in total. The second-order valence-electron chi connectivity index (χ2n) is 4.56. The van der Waals surface area contributed by atoms with Crippen LogP contribution in [0.1, 0.15) is 5.56 Å². The molecule has 1 unspecified atom stereocenters. The van der Waals surface area contributed by atoms with Crippen LogP contribution < -0.4 is 0 Å². The van der Waals surface area contributed by atoms with Gasteiger partial charge in [-0.1, -0.05) is 42.5 Å². The summed E-state index contributed by atoms with van der Waals surface area (Å²) < 4.78 is 10.2. The summed E-state index contributed by atoms with van der Waals surface area (Å²) in [7, 11) is 1.63. The second kappa shape index (κ2) is 7.24. The van der Waals surface area contributed by atoms with Gasteiger partial charge in [-0.3, -0.25) is 0 Å². The second-order valence-corrected chi connectivity index (χ2v) is 4.56. The average Bonchev–Trinajstić information content (AvgIpc) is 2.44. The monoisotopic (exact) mass is 260 g/mol. The van der Waals surface area contributed by atoms with Gasteiger partial charge in [0.25, 0.3) is 0 Å². The largest absolute Gasteiger partial charge is 0.390 e. The minimum absolute atomic E-state index is 0.340. The molecule has 102 valence electrons. The van der Waals surface area contributed by atoms with Crippen molar-refractivity contribution in [3.63, 3.8) is 0 Å². The Labute approximate surface area is 113 Å². The Morgan fingerprint density at radius 2 is 1.84 bits per heavy atom. The average molecular weight is 260 g/mol. The van der Waals surface area contributed by atoms with Gasteiger partial charge in [-0.05, 0) is 16.3 Å². The van der Waals surface area contributed by atoms with E-state index >= 15 is 0 Å². The predicted molar refractivity (Wildman–Crippen MR) is 76.4 cm³/mol. The number of aliphatic hydroxyl groups is 1. The molecular weight excluding hydrogens is 240 g/mol. The van der Waals surface area contributed by atoms with Gasteiger partial charge in [-0.15, -0.1) is 0 Å². The molecule has 0 bridgehead atoms. The van der Waals surface area contributed by atoms with E-state index in [0.29, 0.717) is 26.2 Å². The van der Waals surface area contributed by atoms with Crippen LogP contribution in [0, 0.1) is 0 Å². The minimum Gasteiger partial charge on any atom is -0.390 e. The highest BCUT2D eigenvalue weighted by atomic mass is 16.5. The molecule has 0 saturated heterocycles. The fraction of sp³-hybridized carbons (Fsp3) is 0.375. The van der Waals surface area contributed by atoms with Crippen LogP contribution in [0.2, 0.25) is 0 Å². The molecule has 0 saturated carbocycles. The first-order valence-electron chi connectivity index (χ1n) is 6.52. The summed E-state index contributed by atoms with van der Waals surface area (Å²) in [4.78, 5) is 0. The Kier molecular flexibility index (Phi) is 5.33. The zero-order chi connectivity index (χ0) is 13.5. The smallest absolute Gasteiger partial charge is 0.0814 e. The molecule has 2 aromatic carbocycles. The summed E-state index contributed by atoms with van der Waals surface area (Å²) in [6, 6.07) is 14.4. The van der Waals surface area contributed by atoms with Crippen molar-refractivity contribution in [1.82, 2.24) is 0 Å². The van der Waals surface area contributed by atoms with E-state index in [1.165, 1.54) is 10.8 Å². The maximum Gasteiger partial charge on any atom is 0.0814 e. The van der Waals surface area contributed by atoms with Crippen LogP contribution in [-0.4, -0.2) is 38.1 Å². The number of ether oxygens (including phenoxy) is 2. The topological polar surface area (TPSA) is 38.7 Å². The quantitative estimate of drug-likeness (QED) is 0.777. The Hall–Kier alpha value is -1.42. The van der Waals surface area contributed by atoms with Gasteiger partial charge in [0.1, 0.15) is 0 Å². The number of rotatable bonds is 7. The highest BCUT2D eigenvalue weighted by Crippen LogP contribution is 2.19. The Balaban J connectivity index is 1.97. The van der Waals surface area contributed by atoms with Gasteiger partial charge in [0, 0.05) is 13.5 Å². The van der Waals surface area contributed by atoms with Crippen molar-refractivity contribution in [2.75, 3.05) is 26.9 Å². The van der Waals surface area contributed by atoms with E-state index in [9.17, 15) is 5.11 Å². The van der Waals surface area contributed by atoms with Crippen molar-refractivity contribution in [3.8, 4) is 0 Å². The van der Waals surface area contributed by atoms with E-state index < -0.39 is 6.10 Å². The van der Waals surface area contributed by atoms with Gasteiger partial charge in [-0.25, -0.2) is 0 Å². The van der Waals surface area contributed by atoms with E-state index in [2.05, 4.69) is 24.3 Å². The van der Waals surface area contributed by atoms with Crippen molar-refractivity contribution in [2.24, 2.45) is 0 Å². The first-order valence-corrected chi connectivity index (χ1v) is 6.52. The van der Waals surface area contributed by atoms with Crippen LogP contribution in [0.5, 0.6) is 0 Å². The van der Waals surface area contributed by atoms with Gasteiger partial charge < -0.3 is 14.6 Å². The molecule has 0 aromatic heterocycles. The van der Waals surface area contributed by atoms with Crippen molar-refractivity contribution in [1.29, 1.82) is 0 Å². The fourth-order valence-electron chi connectivity index (χ4n) is 2.14. The van der Waals surface area contributed by atoms with E-state index in [-0.39, 0.29) is 0 Å². The first kappa shape index (κ1) is 14.0. The lowest BCUT2D eigenvalue weighted by molar-refractivity contribution is 0.0138. The van der Waals surface area contributed by atoms with Gasteiger partial charge >= 0.3 is 0 Å². The lowest BCUT2D eigenvalue weighted by atomic mass is 10.0. The maximum atomic E-state index is 10.00. The summed E-state index contributed by atoms with van der Waals surface area (Å²) in [5.74, 6) is 0. The third-order valence-electron chi connectivity index (χ3n) is 3.08. The first-order chi connectivity index (χ1) is 9.31. The van der Waals surface area contributed by atoms with Crippen molar-refractivity contribution in [2.45, 2.75) is 12.5 Å². The number of fused-ring (bicyclic) bond motifs is 1. The third kappa shape index (κ3) is 4.03. The van der Waals surface area contributed by atoms with E-state index in [1.807, 2.05) is 18.2 Å². The predicted octanol–water partition coefficient (Wildman–Crippen LogP) is 2.41. The number of methoxy groups -OCH3 is 1. The molecule has 2 aromatic rings. The van der Waals surface area contributed by atoms with E-state index in [4.69, 9.17) is 9.47 Å². The molecule has 1 atom stereocenters. The van der Waals surface area contributed by atoms with Crippen LogP contribution in [0.4, 0.5) is 0 Å². The molecule has 0 aliphatic rings. The molecule has 0 aliphatic heterocycles. The van der Waals surface area contributed by atoms with Crippen LogP contribution in [-0.2, 0) is 15.9 Å². The minimum atomic E-state index is -0.484. The highest BCUT2D eigenvalue weighted by Gasteiger charge is 2.08. The zero-order valence-electron chi connectivity index (χ0n) is 11.2. The van der Waals surface area contributed by atoms with Crippen LogP contribution >= 0.6 is 0 Å². The van der Waals surface area contributed by atoms with Gasteiger partial charge in [0.2, 0.25) is 0 Å². The SMILES string of the molecule is COCCOCC(O)Cc1cccc2ccccc12. The third-order valence-corrected chi connectivity index (χ3v) is 3.08. The summed E-state index contributed by atoms with van der Waals surface area (Å²) in [6.45, 7) is 1.41. The van der Waals surface area contributed by atoms with Crippen LogP contribution in [0.3, 0.4) is 0 Å². The van der Waals surface area contributed by atoms with Crippen molar-refractivity contribution < 1.29 is 14.6 Å². The molecule has 1 N–H and O–H groups in total. The van der Waals surface area contributed by atoms with Crippen molar-refractivity contribution >= 4 is 10.8 Å². The Morgan fingerprint density at radius 3 is 2.68 bits per heavy atom. The molecule has 0 radical (unpaired) electrons. The molecule has 0 fully saturated rings. The number of benzene rings is 2. The summed E-state index contributed by atoms with van der Waals surface area (Å²) in [5.41, 5.74) is 1.15.